The summed E-state index contributed by atoms with van der Waals surface area (Å²) in [6.07, 6.45) is 4.05. The first kappa shape index (κ1) is 16.7. The molecule has 0 fully saturated rings. The van der Waals surface area contributed by atoms with Gasteiger partial charge >= 0.3 is 0 Å². The fraction of sp³-hybridized carbons (Fsp3) is 0.444. The van der Waals surface area contributed by atoms with Crippen molar-refractivity contribution in [3.05, 3.63) is 35.2 Å². The molecule has 1 aromatic carbocycles. The molecule has 1 atom stereocenters. The van der Waals surface area contributed by atoms with Crippen LogP contribution in [-0.2, 0) is 4.79 Å². The average Bonchev–Trinajstić information content (AvgIpc) is 2.97. The third-order valence-corrected chi connectivity index (χ3v) is 4.61. The summed E-state index contributed by atoms with van der Waals surface area (Å²) in [6, 6.07) is 8.27. The molecule has 0 spiro atoms. The maximum Gasteiger partial charge on any atom is 0.229 e. The number of anilines is 1. The number of benzene rings is 1. The van der Waals surface area contributed by atoms with Gasteiger partial charge in [0.1, 0.15) is 0 Å². The summed E-state index contributed by atoms with van der Waals surface area (Å²) in [5.41, 5.74) is 3.23. The van der Waals surface area contributed by atoms with Crippen LogP contribution in [0.2, 0.25) is 0 Å². The van der Waals surface area contributed by atoms with Crippen molar-refractivity contribution in [1.29, 1.82) is 0 Å². The van der Waals surface area contributed by atoms with Gasteiger partial charge in [-0.1, -0.05) is 56.5 Å². The predicted molar refractivity (Wildman–Crippen MR) is 94.2 cm³/mol. The molecule has 2 aromatic rings. The minimum atomic E-state index is 0.0895. The highest BCUT2D eigenvalue weighted by Crippen LogP contribution is 2.26. The zero-order valence-corrected chi connectivity index (χ0v) is 14.4. The van der Waals surface area contributed by atoms with Gasteiger partial charge in [0.25, 0.3) is 0 Å². The Morgan fingerprint density at radius 1 is 1.27 bits per heavy atom. The predicted octanol–water partition coefficient (Wildman–Crippen LogP) is 5.27. The first-order chi connectivity index (χ1) is 10.6. The Kier molecular flexibility index (Phi) is 6.13. The van der Waals surface area contributed by atoms with Gasteiger partial charge in [-0.15, -0.1) is 11.3 Å². The molecule has 4 heteroatoms. The first-order valence-corrected chi connectivity index (χ1v) is 8.85. The van der Waals surface area contributed by atoms with E-state index in [9.17, 15) is 4.79 Å². The van der Waals surface area contributed by atoms with Crippen molar-refractivity contribution in [1.82, 2.24) is 4.98 Å². The Hall–Kier alpha value is -1.68. The van der Waals surface area contributed by atoms with Gasteiger partial charge in [-0.25, -0.2) is 4.98 Å². The van der Waals surface area contributed by atoms with Crippen molar-refractivity contribution < 1.29 is 4.79 Å². The van der Waals surface area contributed by atoms with E-state index in [4.69, 9.17) is 0 Å². The molecule has 0 aliphatic carbocycles. The van der Waals surface area contributed by atoms with E-state index in [2.05, 4.69) is 55.3 Å². The van der Waals surface area contributed by atoms with Gasteiger partial charge in [0.05, 0.1) is 5.69 Å². The number of aryl methyl sites for hydroxylation is 1. The van der Waals surface area contributed by atoms with Gasteiger partial charge < -0.3 is 5.32 Å². The van der Waals surface area contributed by atoms with Crippen molar-refractivity contribution >= 4 is 22.4 Å². The monoisotopic (exact) mass is 316 g/mol. The van der Waals surface area contributed by atoms with E-state index in [1.165, 1.54) is 16.9 Å². The molecular weight excluding hydrogens is 292 g/mol. The number of nitrogens with one attached hydrogen (secondary N) is 1. The van der Waals surface area contributed by atoms with Crippen molar-refractivity contribution in [3.63, 3.8) is 0 Å². The number of unbranched alkanes of at least 4 members (excludes halogenated alkanes) is 1. The van der Waals surface area contributed by atoms with E-state index in [0.29, 0.717) is 5.13 Å². The van der Waals surface area contributed by atoms with E-state index < -0.39 is 0 Å². The van der Waals surface area contributed by atoms with Gasteiger partial charge in [-0.05, 0) is 19.8 Å². The van der Waals surface area contributed by atoms with Gasteiger partial charge in [0.2, 0.25) is 5.91 Å². The summed E-state index contributed by atoms with van der Waals surface area (Å²) < 4.78 is 0. The minimum absolute atomic E-state index is 0.0895. The molecule has 1 unspecified atom stereocenters. The Morgan fingerprint density at radius 3 is 2.64 bits per heavy atom. The lowest BCUT2D eigenvalue weighted by atomic mass is 9.99. The number of thiazole rings is 1. The number of aromatic nitrogens is 1. The van der Waals surface area contributed by atoms with Gasteiger partial charge in [0.15, 0.2) is 5.13 Å². The Bertz CT molecular complexity index is 604. The van der Waals surface area contributed by atoms with Crippen molar-refractivity contribution in [2.75, 3.05) is 5.32 Å². The normalized spacial score (nSPS) is 12.1. The number of carbonyl (C=O) groups is 1. The number of amides is 1. The lowest BCUT2D eigenvalue weighted by Crippen LogP contribution is -2.22. The maximum absolute atomic E-state index is 12.3. The number of hydrogen-bond acceptors (Lipinski definition) is 3. The Morgan fingerprint density at radius 2 is 2.00 bits per heavy atom. The molecule has 1 amide bonds. The molecule has 0 bridgehead atoms. The largest absolute Gasteiger partial charge is 0.302 e. The van der Waals surface area contributed by atoms with Crippen LogP contribution < -0.4 is 5.32 Å². The number of carbonyl (C=O) groups excluding carboxylic acids is 1. The molecule has 3 nitrogen and oxygen atoms in total. The fourth-order valence-electron chi connectivity index (χ4n) is 2.37. The third kappa shape index (κ3) is 4.41. The summed E-state index contributed by atoms with van der Waals surface area (Å²) >= 11 is 1.49. The van der Waals surface area contributed by atoms with Crippen LogP contribution in [0.15, 0.2) is 29.6 Å². The summed E-state index contributed by atoms with van der Waals surface area (Å²) in [6.45, 7) is 6.29. The molecule has 0 aliphatic heterocycles. The fourth-order valence-corrected chi connectivity index (χ4v) is 3.09. The molecule has 1 heterocycles. The summed E-state index contributed by atoms with van der Waals surface area (Å²) in [4.78, 5) is 16.8. The molecule has 0 radical (unpaired) electrons. The minimum Gasteiger partial charge on any atom is -0.302 e. The molecule has 2 rings (SSSR count). The highest BCUT2D eigenvalue weighted by atomic mass is 32.1. The van der Waals surface area contributed by atoms with E-state index in [0.717, 1.165) is 36.9 Å². The van der Waals surface area contributed by atoms with Crippen LogP contribution >= 0.6 is 11.3 Å². The van der Waals surface area contributed by atoms with Crippen LogP contribution in [0.25, 0.3) is 11.3 Å². The van der Waals surface area contributed by atoms with Crippen molar-refractivity contribution in [2.24, 2.45) is 5.92 Å². The summed E-state index contributed by atoms with van der Waals surface area (Å²) in [7, 11) is 0. The van der Waals surface area contributed by atoms with Crippen molar-refractivity contribution in [3.8, 4) is 11.3 Å². The molecule has 0 saturated heterocycles. The molecule has 118 valence electrons. The van der Waals surface area contributed by atoms with Gasteiger partial charge in [0, 0.05) is 16.9 Å². The van der Waals surface area contributed by atoms with Crippen LogP contribution in [0.5, 0.6) is 0 Å². The SMILES string of the molecule is CCCCC(CC)C(=O)Nc1nc(-c2ccc(C)cc2)cs1. The highest BCUT2D eigenvalue weighted by Gasteiger charge is 2.17. The lowest BCUT2D eigenvalue weighted by Gasteiger charge is -2.12. The Balaban J connectivity index is 2.02. The van der Waals surface area contributed by atoms with Crippen LogP contribution in [0.4, 0.5) is 5.13 Å². The number of rotatable bonds is 7. The zero-order chi connectivity index (χ0) is 15.9. The molecule has 1 aromatic heterocycles. The molecule has 22 heavy (non-hydrogen) atoms. The standard InChI is InChI=1S/C18H24N2OS/c1-4-6-7-14(5-2)17(21)20-18-19-16(12-22-18)15-10-8-13(3)9-11-15/h8-12,14H,4-7H2,1-3H3,(H,19,20,21). The van der Waals surface area contributed by atoms with E-state index in [1.54, 1.807) is 0 Å². The number of hydrogen-bond donors (Lipinski definition) is 1. The molecule has 0 saturated carbocycles. The highest BCUT2D eigenvalue weighted by molar-refractivity contribution is 7.14. The number of nitrogens with zero attached hydrogens (tertiary/aromatic N) is 1. The summed E-state index contributed by atoms with van der Waals surface area (Å²) in [5.74, 6) is 0.187. The molecule has 1 N–H and O–H groups in total. The van der Waals surface area contributed by atoms with E-state index >= 15 is 0 Å². The van der Waals surface area contributed by atoms with Gasteiger partial charge in [-0.2, -0.15) is 0 Å². The van der Waals surface area contributed by atoms with E-state index in [1.807, 2.05) is 5.38 Å². The van der Waals surface area contributed by atoms with Crippen LogP contribution in [0, 0.1) is 12.8 Å². The smallest absolute Gasteiger partial charge is 0.229 e. The zero-order valence-electron chi connectivity index (χ0n) is 13.6. The molecular formula is C18H24N2OS. The molecule has 0 aliphatic rings. The van der Waals surface area contributed by atoms with Crippen LogP contribution in [-0.4, -0.2) is 10.9 Å². The Labute approximate surface area is 136 Å². The van der Waals surface area contributed by atoms with Crippen LogP contribution in [0.1, 0.15) is 45.1 Å². The summed E-state index contributed by atoms with van der Waals surface area (Å²) in [5, 5.41) is 5.66. The first-order valence-electron chi connectivity index (χ1n) is 7.97. The topological polar surface area (TPSA) is 42.0 Å². The quantitative estimate of drug-likeness (QED) is 0.755. The second kappa shape index (κ2) is 8.08. The average molecular weight is 316 g/mol. The van der Waals surface area contributed by atoms with Gasteiger partial charge in [-0.3, -0.25) is 4.79 Å². The van der Waals surface area contributed by atoms with Crippen molar-refractivity contribution in [2.45, 2.75) is 46.5 Å². The maximum atomic E-state index is 12.3. The lowest BCUT2D eigenvalue weighted by molar-refractivity contribution is -0.120. The van der Waals surface area contributed by atoms with E-state index in [-0.39, 0.29) is 11.8 Å². The third-order valence-electron chi connectivity index (χ3n) is 3.85. The van der Waals surface area contributed by atoms with Crippen LogP contribution in [0.3, 0.4) is 0 Å². The second-order valence-corrected chi connectivity index (χ2v) is 6.50. The second-order valence-electron chi connectivity index (χ2n) is 5.64.